The van der Waals surface area contributed by atoms with Crippen LogP contribution >= 0.6 is 11.3 Å². The summed E-state index contributed by atoms with van der Waals surface area (Å²) in [5.41, 5.74) is 0.719. The molecule has 4 nitrogen and oxygen atoms in total. The number of aliphatic hydroxyl groups is 1. The summed E-state index contributed by atoms with van der Waals surface area (Å²) >= 11 is 1.53. The number of aromatic nitrogens is 2. The van der Waals surface area contributed by atoms with Crippen LogP contribution in [0.3, 0.4) is 0 Å². The molecule has 5 heteroatoms. The number of Topliss-reactive ketones (excluding diaryl/α,β-unsaturated/α-hetero) is 1. The molecule has 2 aromatic rings. The number of thiazole rings is 1. The predicted octanol–water partition coefficient (Wildman–Crippen LogP) is 1.52. The van der Waals surface area contributed by atoms with Gasteiger partial charge in [0.15, 0.2) is 10.7 Å². The van der Waals surface area contributed by atoms with Gasteiger partial charge in [-0.25, -0.2) is 4.98 Å². The van der Waals surface area contributed by atoms with Crippen molar-refractivity contribution in [1.29, 1.82) is 0 Å². The first-order valence-corrected chi connectivity index (χ1v) is 6.07. The van der Waals surface area contributed by atoms with E-state index in [1.807, 2.05) is 36.0 Å². The fourth-order valence-electron chi connectivity index (χ4n) is 1.52. The lowest BCUT2D eigenvalue weighted by Crippen LogP contribution is -2.27. The molecular formula is C11H14N2O2S. The molecule has 0 radical (unpaired) electrons. The van der Waals surface area contributed by atoms with Crippen LogP contribution in [0.2, 0.25) is 0 Å². The Kier molecular flexibility index (Phi) is 3.07. The van der Waals surface area contributed by atoms with Crippen molar-refractivity contribution < 1.29 is 9.90 Å². The van der Waals surface area contributed by atoms with Crippen LogP contribution in [0.25, 0.3) is 4.96 Å². The highest BCUT2D eigenvalue weighted by Gasteiger charge is 2.20. The molecule has 16 heavy (non-hydrogen) atoms. The highest BCUT2D eigenvalue weighted by Crippen LogP contribution is 2.13. The number of carbonyl (C=O) groups is 1. The molecule has 1 N–H and O–H groups in total. The minimum Gasteiger partial charge on any atom is -0.385 e. The van der Waals surface area contributed by atoms with Gasteiger partial charge in [0.2, 0.25) is 0 Å². The van der Waals surface area contributed by atoms with E-state index < -0.39 is 6.10 Å². The maximum atomic E-state index is 11.7. The first-order valence-electron chi connectivity index (χ1n) is 5.20. The topological polar surface area (TPSA) is 54.6 Å². The van der Waals surface area contributed by atoms with Crippen LogP contribution in [0.1, 0.15) is 19.5 Å². The molecule has 2 rings (SSSR count). The van der Waals surface area contributed by atoms with Gasteiger partial charge in [-0.2, -0.15) is 0 Å². The zero-order valence-corrected chi connectivity index (χ0v) is 10.1. The Balaban J connectivity index is 2.10. The second-order valence-electron chi connectivity index (χ2n) is 4.16. The first kappa shape index (κ1) is 11.3. The third-order valence-electron chi connectivity index (χ3n) is 2.46. The van der Waals surface area contributed by atoms with Crippen molar-refractivity contribution in [3.63, 3.8) is 0 Å². The van der Waals surface area contributed by atoms with Crippen LogP contribution in [0.15, 0.2) is 17.8 Å². The number of aliphatic hydroxyl groups excluding tert-OH is 1. The van der Waals surface area contributed by atoms with Crippen molar-refractivity contribution in [2.24, 2.45) is 5.92 Å². The van der Waals surface area contributed by atoms with Gasteiger partial charge in [-0.3, -0.25) is 9.20 Å². The number of ketones is 1. The fourth-order valence-corrected chi connectivity index (χ4v) is 2.24. The molecule has 2 aromatic heterocycles. The van der Waals surface area contributed by atoms with Gasteiger partial charge in [0.25, 0.3) is 0 Å². The molecule has 1 atom stereocenters. The van der Waals surface area contributed by atoms with Gasteiger partial charge in [-0.15, -0.1) is 11.3 Å². The summed E-state index contributed by atoms with van der Waals surface area (Å²) in [4.78, 5) is 16.8. The Morgan fingerprint density at radius 3 is 3.00 bits per heavy atom. The Bertz CT molecular complexity index is 472. The van der Waals surface area contributed by atoms with Crippen molar-refractivity contribution in [3.8, 4) is 0 Å². The monoisotopic (exact) mass is 238 g/mol. The molecule has 0 aliphatic carbocycles. The number of hydrogen-bond donors (Lipinski definition) is 1. The van der Waals surface area contributed by atoms with Gasteiger partial charge in [-0.1, -0.05) is 13.8 Å². The van der Waals surface area contributed by atoms with Crippen molar-refractivity contribution in [3.05, 3.63) is 23.5 Å². The summed E-state index contributed by atoms with van der Waals surface area (Å²) in [6, 6.07) is 0. The third-order valence-corrected chi connectivity index (χ3v) is 3.23. The number of carbonyl (C=O) groups excluding carboxylic acids is 1. The maximum Gasteiger partial charge on any atom is 0.193 e. The lowest BCUT2D eigenvalue weighted by Gasteiger charge is -2.11. The zero-order chi connectivity index (χ0) is 11.7. The van der Waals surface area contributed by atoms with E-state index in [9.17, 15) is 9.90 Å². The number of hydrogen-bond acceptors (Lipinski definition) is 4. The average molecular weight is 238 g/mol. The molecule has 0 aliphatic rings. The predicted molar refractivity (Wildman–Crippen MR) is 62.6 cm³/mol. The zero-order valence-electron chi connectivity index (χ0n) is 9.25. The summed E-state index contributed by atoms with van der Waals surface area (Å²) in [6.45, 7) is 3.66. The van der Waals surface area contributed by atoms with Crippen LogP contribution in [0, 0.1) is 5.92 Å². The number of rotatable bonds is 4. The van der Waals surface area contributed by atoms with E-state index in [0.717, 1.165) is 10.7 Å². The normalized spacial score (nSPS) is 13.5. The quantitative estimate of drug-likeness (QED) is 0.878. The van der Waals surface area contributed by atoms with Crippen molar-refractivity contribution >= 4 is 22.1 Å². The van der Waals surface area contributed by atoms with Crippen LogP contribution in [-0.2, 0) is 11.2 Å². The molecule has 0 amide bonds. The molecule has 0 fully saturated rings. The van der Waals surface area contributed by atoms with Crippen LogP contribution in [-0.4, -0.2) is 26.4 Å². The lowest BCUT2D eigenvalue weighted by atomic mass is 10.0. The highest BCUT2D eigenvalue weighted by molar-refractivity contribution is 7.15. The molecule has 0 bridgehead atoms. The Morgan fingerprint density at radius 1 is 1.62 bits per heavy atom. The minimum absolute atomic E-state index is 0.0452. The van der Waals surface area contributed by atoms with Gasteiger partial charge in [0, 0.05) is 17.8 Å². The molecule has 0 aromatic carbocycles. The molecule has 0 saturated carbocycles. The van der Waals surface area contributed by atoms with Gasteiger partial charge in [0.05, 0.1) is 12.1 Å². The highest BCUT2D eigenvalue weighted by atomic mass is 32.1. The summed E-state index contributed by atoms with van der Waals surface area (Å²) in [5, 5.41) is 11.5. The molecule has 0 spiro atoms. The smallest absolute Gasteiger partial charge is 0.193 e. The van der Waals surface area contributed by atoms with Gasteiger partial charge in [0.1, 0.15) is 6.10 Å². The van der Waals surface area contributed by atoms with Crippen molar-refractivity contribution in [2.45, 2.75) is 26.4 Å². The van der Waals surface area contributed by atoms with E-state index in [1.165, 1.54) is 11.3 Å². The lowest BCUT2D eigenvalue weighted by molar-refractivity contribution is -0.128. The van der Waals surface area contributed by atoms with Gasteiger partial charge >= 0.3 is 0 Å². The summed E-state index contributed by atoms with van der Waals surface area (Å²) < 4.78 is 1.88. The van der Waals surface area contributed by atoms with E-state index in [-0.39, 0.29) is 18.1 Å². The molecule has 86 valence electrons. The second kappa shape index (κ2) is 4.35. The minimum atomic E-state index is -0.889. The second-order valence-corrected chi connectivity index (χ2v) is 5.03. The maximum absolute atomic E-state index is 11.7. The van der Waals surface area contributed by atoms with E-state index in [0.29, 0.717) is 0 Å². The number of fused-ring (bicyclic) bond motifs is 1. The Hall–Kier alpha value is -1.20. The van der Waals surface area contributed by atoms with E-state index in [2.05, 4.69) is 4.98 Å². The summed E-state index contributed by atoms with van der Waals surface area (Å²) in [6.07, 6.45) is 3.05. The molecule has 0 aliphatic heterocycles. The van der Waals surface area contributed by atoms with E-state index >= 15 is 0 Å². The largest absolute Gasteiger partial charge is 0.385 e. The standard InChI is InChI=1S/C11H14N2O2S/c1-7(2)10(15)9(14)5-8-6-13-3-4-16-11(13)12-8/h3-4,6-7,10,15H,5H2,1-2H3. The average Bonchev–Trinajstić information content (AvgIpc) is 2.76. The first-order chi connectivity index (χ1) is 7.58. The molecule has 0 saturated heterocycles. The van der Waals surface area contributed by atoms with Crippen molar-refractivity contribution in [1.82, 2.24) is 9.38 Å². The van der Waals surface area contributed by atoms with Gasteiger partial charge in [-0.05, 0) is 5.92 Å². The van der Waals surface area contributed by atoms with Crippen molar-refractivity contribution in [2.75, 3.05) is 0 Å². The molecule has 1 unspecified atom stereocenters. The summed E-state index contributed by atoms with van der Waals surface area (Å²) in [5.74, 6) is -0.211. The Labute approximate surface area is 97.6 Å². The number of imidazole rings is 1. The van der Waals surface area contributed by atoms with Crippen LogP contribution in [0.4, 0.5) is 0 Å². The third kappa shape index (κ3) is 2.15. The van der Waals surface area contributed by atoms with Crippen LogP contribution < -0.4 is 0 Å². The van der Waals surface area contributed by atoms with Crippen LogP contribution in [0.5, 0.6) is 0 Å². The SMILES string of the molecule is CC(C)C(O)C(=O)Cc1cn2ccsc2n1. The number of nitrogens with zero attached hydrogens (tertiary/aromatic N) is 2. The van der Waals surface area contributed by atoms with E-state index in [4.69, 9.17) is 0 Å². The molecule has 2 heterocycles. The Morgan fingerprint density at radius 2 is 2.38 bits per heavy atom. The molecular weight excluding hydrogens is 224 g/mol. The van der Waals surface area contributed by atoms with E-state index in [1.54, 1.807) is 0 Å². The van der Waals surface area contributed by atoms with Gasteiger partial charge < -0.3 is 5.11 Å². The fraction of sp³-hybridized carbons (Fsp3) is 0.455. The summed E-state index contributed by atoms with van der Waals surface area (Å²) in [7, 11) is 0.